The Hall–Kier alpha value is -0.750. The highest BCUT2D eigenvalue weighted by molar-refractivity contribution is 7.99. The van der Waals surface area contributed by atoms with Crippen LogP contribution >= 0.6 is 24.0 Å². The molecule has 4 nitrogen and oxygen atoms in total. The average Bonchev–Trinajstić information content (AvgIpc) is 2.88. The van der Waals surface area contributed by atoms with Crippen molar-refractivity contribution in [2.24, 2.45) is 7.05 Å². The Balaban J connectivity index is 2.18. The lowest BCUT2D eigenvalue weighted by Crippen LogP contribution is -2.26. The van der Waals surface area contributed by atoms with Crippen LogP contribution in [0.1, 0.15) is 37.4 Å². The number of hydrogen-bond acceptors (Lipinski definition) is 3. The molecule has 0 spiro atoms. The first-order valence-corrected chi connectivity index (χ1v) is 8.49. The van der Waals surface area contributed by atoms with E-state index in [0.29, 0.717) is 11.3 Å². The molecule has 2 atom stereocenters. The van der Waals surface area contributed by atoms with Crippen molar-refractivity contribution in [3.8, 4) is 0 Å². The van der Waals surface area contributed by atoms with Crippen molar-refractivity contribution >= 4 is 35.1 Å². The van der Waals surface area contributed by atoms with Crippen LogP contribution in [0, 0.1) is 11.7 Å². The van der Waals surface area contributed by atoms with Crippen LogP contribution in [0.5, 0.6) is 0 Å². The molecule has 2 aromatic rings. The smallest absolute Gasteiger partial charge is 0.179 e. The predicted octanol–water partition coefficient (Wildman–Crippen LogP) is 3.59. The molecule has 1 fully saturated rings. The number of imidazole rings is 1. The molecule has 2 unspecified atom stereocenters. The third-order valence-corrected chi connectivity index (χ3v) is 5.63. The van der Waals surface area contributed by atoms with Gasteiger partial charge in [0.15, 0.2) is 10.4 Å². The normalized spacial score (nSPS) is 24.2. The van der Waals surface area contributed by atoms with Crippen molar-refractivity contribution in [3.63, 3.8) is 0 Å². The molecule has 0 bridgehead atoms. The van der Waals surface area contributed by atoms with Crippen molar-refractivity contribution in [2.45, 2.75) is 43.9 Å². The molecule has 1 N–H and O–H groups in total. The van der Waals surface area contributed by atoms with Gasteiger partial charge in [-0.1, -0.05) is 12.8 Å². The summed E-state index contributed by atoms with van der Waals surface area (Å²) in [5, 5.41) is 5.17. The number of nitrogens with zero attached hydrogens (tertiary/aromatic N) is 3. The van der Waals surface area contributed by atoms with Crippen molar-refractivity contribution < 1.29 is 0 Å². The first-order chi connectivity index (χ1) is 9.13. The van der Waals surface area contributed by atoms with Crippen LogP contribution in [0.4, 0.5) is 0 Å². The molecule has 0 radical (unpaired) electrons. The molecule has 3 rings (SSSR count). The zero-order chi connectivity index (χ0) is 13.6. The van der Waals surface area contributed by atoms with Crippen LogP contribution in [0.15, 0.2) is 0 Å². The van der Waals surface area contributed by atoms with E-state index in [1.54, 1.807) is 0 Å². The predicted molar refractivity (Wildman–Crippen MR) is 83.4 cm³/mol. The number of nitrogens with one attached hydrogen (secondary N) is 1. The molecule has 19 heavy (non-hydrogen) atoms. The van der Waals surface area contributed by atoms with E-state index < -0.39 is 0 Å². The number of aromatic nitrogens is 4. The van der Waals surface area contributed by atoms with E-state index in [1.807, 2.05) is 30.4 Å². The number of fused-ring (bicyclic) bond motifs is 1. The van der Waals surface area contributed by atoms with Crippen LogP contribution in [0.25, 0.3) is 11.2 Å². The van der Waals surface area contributed by atoms with E-state index in [1.165, 1.54) is 25.7 Å². The number of H-pyrrole nitrogens is 1. The van der Waals surface area contributed by atoms with Crippen molar-refractivity contribution in [1.82, 2.24) is 19.3 Å². The molecular formula is C13H20N4S2. The maximum atomic E-state index is 5.56. The second kappa shape index (κ2) is 4.98. The van der Waals surface area contributed by atoms with E-state index in [-0.39, 0.29) is 0 Å². The first kappa shape index (κ1) is 13.2. The number of hydrogen-bond donors (Lipinski definition) is 1. The standard InChI is InChI=1S/C13H20N4S2/c1-8-11-12(16(2)15-8)17(13(18)14-11)9-6-4-5-7-10(9)19-3/h9-10H,4-7H2,1-3H3,(H,14,18). The Morgan fingerprint density at radius 1 is 1.37 bits per heavy atom. The topological polar surface area (TPSA) is 38.5 Å². The van der Waals surface area contributed by atoms with Gasteiger partial charge in [0.2, 0.25) is 0 Å². The molecule has 0 saturated heterocycles. The van der Waals surface area contributed by atoms with Gasteiger partial charge in [0.1, 0.15) is 5.52 Å². The van der Waals surface area contributed by atoms with E-state index in [0.717, 1.165) is 21.6 Å². The molecule has 104 valence electrons. The molecular weight excluding hydrogens is 276 g/mol. The number of aryl methyl sites for hydroxylation is 2. The van der Waals surface area contributed by atoms with Gasteiger partial charge in [0.25, 0.3) is 0 Å². The summed E-state index contributed by atoms with van der Waals surface area (Å²) in [7, 11) is 2.01. The lowest BCUT2D eigenvalue weighted by Gasteiger charge is -2.31. The van der Waals surface area contributed by atoms with Crippen molar-refractivity contribution in [3.05, 3.63) is 10.5 Å². The van der Waals surface area contributed by atoms with Gasteiger partial charge in [0, 0.05) is 18.3 Å². The zero-order valence-electron chi connectivity index (χ0n) is 11.6. The van der Waals surface area contributed by atoms with Crippen LogP contribution in [-0.4, -0.2) is 30.8 Å². The van der Waals surface area contributed by atoms with Crippen LogP contribution < -0.4 is 0 Å². The average molecular weight is 296 g/mol. The molecule has 1 aliphatic carbocycles. The number of rotatable bonds is 2. The minimum absolute atomic E-state index is 0.500. The third-order valence-electron chi connectivity index (χ3n) is 4.17. The molecule has 1 aliphatic rings. The summed E-state index contributed by atoms with van der Waals surface area (Å²) in [6.07, 6.45) is 7.36. The molecule has 6 heteroatoms. The summed E-state index contributed by atoms with van der Waals surface area (Å²) in [4.78, 5) is 3.34. The van der Waals surface area contributed by atoms with Crippen molar-refractivity contribution in [2.75, 3.05) is 6.26 Å². The summed E-state index contributed by atoms with van der Waals surface area (Å²) in [6.45, 7) is 2.03. The Labute approximate surface area is 122 Å². The fourth-order valence-electron chi connectivity index (χ4n) is 3.29. The quantitative estimate of drug-likeness (QED) is 0.861. The van der Waals surface area contributed by atoms with E-state index >= 15 is 0 Å². The molecule has 2 heterocycles. The van der Waals surface area contributed by atoms with Crippen molar-refractivity contribution in [1.29, 1.82) is 0 Å². The largest absolute Gasteiger partial charge is 0.328 e. The Bertz CT molecular complexity index is 651. The van der Waals surface area contributed by atoms with Crippen LogP contribution in [-0.2, 0) is 7.05 Å². The second-order valence-corrected chi connectivity index (χ2v) is 6.80. The van der Waals surface area contributed by atoms with Gasteiger partial charge in [-0.25, -0.2) is 0 Å². The number of thioether (sulfide) groups is 1. The molecule has 2 aromatic heterocycles. The molecule has 0 amide bonds. The SMILES string of the molecule is CSC1CCCCC1n1c(=S)[nH]c2c(C)nn(C)c21. The highest BCUT2D eigenvalue weighted by Crippen LogP contribution is 2.37. The van der Waals surface area contributed by atoms with E-state index in [9.17, 15) is 0 Å². The third kappa shape index (κ3) is 2.05. The van der Waals surface area contributed by atoms with E-state index in [2.05, 4.69) is 20.9 Å². The lowest BCUT2D eigenvalue weighted by atomic mass is 9.94. The van der Waals surface area contributed by atoms with Gasteiger partial charge in [0.05, 0.1) is 5.69 Å². The monoisotopic (exact) mass is 296 g/mol. The molecule has 0 aliphatic heterocycles. The van der Waals surface area contributed by atoms with Gasteiger partial charge in [-0.3, -0.25) is 9.25 Å². The second-order valence-electron chi connectivity index (χ2n) is 5.33. The Morgan fingerprint density at radius 3 is 2.84 bits per heavy atom. The summed E-state index contributed by atoms with van der Waals surface area (Å²) >= 11 is 7.54. The van der Waals surface area contributed by atoms with Crippen LogP contribution in [0.2, 0.25) is 0 Å². The van der Waals surface area contributed by atoms with Gasteiger partial charge in [-0.05, 0) is 38.2 Å². The van der Waals surface area contributed by atoms with Gasteiger partial charge in [-0.2, -0.15) is 16.9 Å². The summed E-state index contributed by atoms with van der Waals surface area (Å²) < 4.78 is 5.12. The maximum Gasteiger partial charge on any atom is 0.179 e. The van der Waals surface area contributed by atoms with E-state index in [4.69, 9.17) is 12.2 Å². The minimum atomic E-state index is 0.500. The fraction of sp³-hybridized carbons (Fsp3) is 0.692. The lowest BCUT2D eigenvalue weighted by molar-refractivity contribution is 0.365. The Kier molecular flexibility index (Phi) is 3.47. The fourth-order valence-corrected chi connectivity index (χ4v) is 4.59. The molecule has 1 saturated carbocycles. The van der Waals surface area contributed by atoms with Gasteiger partial charge >= 0.3 is 0 Å². The maximum absolute atomic E-state index is 5.56. The van der Waals surface area contributed by atoms with Gasteiger partial charge in [-0.15, -0.1) is 0 Å². The van der Waals surface area contributed by atoms with Gasteiger partial charge < -0.3 is 4.98 Å². The summed E-state index contributed by atoms with van der Waals surface area (Å²) in [6, 6.07) is 0.500. The zero-order valence-corrected chi connectivity index (χ0v) is 13.3. The minimum Gasteiger partial charge on any atom is -0.328 e. The number of aromatic amines is 1. The summed E-state index contributed by atoms with van der Waals surface area (Å²) in [5.74, 6) is 0. The van der Waals surface area contributed by atoms with Crippen LogP contribution in [0.3, 0.4) is 0 Å². The first-order valence-electron chi connectivity index (χ1n) is 6.80. The summed E-state index contributed by atoms with van der Waals surface area (Å²) in [5.41, 5.74) is 3.27. The molecule has 0 aromatic carbocycles. The highest BCUT2D eigenvalue weighted by atomic mass is 32.2. The highest BCUT2D eigenvalue weighted by Gasteiger charge is 2.29. The Morgan fingerprint density at radius 2 is 2.11 bits per heavy atom.